The molecule has 2 aromatic rings. The number of amides is 2. The maximum absolute atomic E-state index is 13.7. The first-order valence-electron chi connectivity index (χ1n) is 11.0. The highest BCUT2D eigenvalue weighted by Gasteiger charge is 2.34. The lowest BCUT2D eigenvalue weighted by molar-refractivity contribution is -0.141. The molecule has 0 heterocycles. The van der Waals surface area contributed by atoms with Crippen LogP contribution in [-0.2, 0) is 26.2 Å². The van der Waals surface area contributed by atoms with Gasteiger partial charge in [-0.05, 0) is 57.5 Å². The summed E-state index contributed by atoms with van der Waals surface area (Å²) < 4.78 is 26.3. The number of hydrogen-bond acceptors (Lipinski definition) is 4. The molecule has 12 heteroatoms. The third-order valence-corrected chi connectivity index (χ3v) is 7.52. The molecule has 2 amide bonds. The Kier molecular flexibility index (Phi) is 10.4. The van der Waals surface area contributed by atoms with Gasteiger partial charge >= 0.3 is 0 Å². The predicted octanol–water partition coefficient (Wildman–Crippen LogP) is 5.79. The van der Waals surface area contributed by atoms with Crippen molar-refractivity contribution in [1.82, 2.24) is 10.2 Å². The van der Waals surface area contributed by atoms with E-state index in [1.165, 1.54) is 23.1 Å². The molecule has 0 radical (unpaired) electrons. The fourth-order valence-electron chi connectivity index (χ4n) is 3.50. The van der Waals surface area contributed by atoms with E-state index in [0.717, 1.165) is 10.6 Å². The molecular formula is C24H29Cl4N3O4S. The van der Waals surface area contributed by atoms with E-state index < -0.39 is 40.0 Å². The average Bonchev–Trinajstić information content (AvgIpc) is 2.73. The number of nitrogens with zero attached hydrogens (tertiary/aromatic N) is 2. The van der Waals surface area contributed by atoms with Gasteiger partial charge in [-0.1, -0.05) is 59.4 Å². The zero-order valence-electron chi connectivity index (χ0n) is 20.6. The van der Waals surface area contributed by atoms with Crippen molar-refractivity contribution in [1.29, 1.82) is 0 Å². The molecule has 36 heavy (non-hydrogen) atoms. The third-order valence-electron chi connectivity index (χ3n) is 5.13. The molecule has 0 saturated heterocycles. The minimum atomic E-state index is -3.97. The van der Waals surface area contributed by atoms with Crippen LogP contribution in [0.2, 0.25) is 20.1 Å². The predicted molar refractivity (Wildman–Crippen MR) is 148 cm³/mol. The number of hydrogen-bond donors (Lipinski definition) is 1. The second-order valence-corrected chi connectivity index (χ2v) is 12.8. The van der Waals surface area contributed by atoms with Crippen molar-refractivity contribution in [3.8, 4) is 0 Å². The molecule has 2 aromatic carbocycles. The number of rotatable bonds is 9. The molecule has 0 spiro atoms. The first-order chi connectivity index (χ1) is 16.5. The van der Waals surface area contributed by atoms with Crippen molar-refractivity contribution in [2.75, 3.05) is 17.1 Å². The molecule has 0 aliphatic heterocycles. The third kappa shape index (κ3) is 8.15. The lowest BCUT2D eigenvalue weighted by atomic mass is 10.1. The summed E-state index contributed by atoms with van der Waals surface area (Å²) >= 11 is 25.1. The lowest BCUT2D eigenvalue weighted by Gasteiger charge is -2.35. The van der Waals surface area contributed by atoms with Crippen LogP contribution in [0.5, 0.6) is 0 Å². The van der Waals surface area contributed by atoms with E-state index in [0.29, 0.717) is 15.6 Å². The van der Waals surface area contributed by atoms with Crippen molar-refractivity contribution in [3.05, 3.63) is 62.1 Å². The first kappa shape index (κ1) is 30.5. The molecule has 0 bridgehead atoms. The van der Waals surface area contributed by atoms with Gasteiger partial charge in [0.2, 0.25) is 21.8 Å². The van der Waals surface area contributed by atoms with Gasteiger partial charge in [-0.2, -0.15) is 0 Å². The molecule has 198 valence electrons. The summed E-state index contributed by atoms with van der Waals surface area (Å²) in [6, 6.07) is 8.28. The SMILES string of the molecule is CCC(C(=O)NC(C)(C)C)N(Cc1c(Cl)cccc1Cl)C(=O)CN(c1cc(Cl)ccc1Cl)S(C)(=O)=O. The highest BCUT2D eigenvalue weighted by Crippen LogP contribution is 2.32. The van der Waals surface area contributed by atoms with Gasteiger partial charge in [0.25, 0.3) is 0 Å². The van der Waals surface area contributed by atoms with Crippen molar-refractivity contribution >= 4 is 73.9 Å². The number of benzene rings is 2. The molecular weight excluding hydrogens is 568 g/mol. The Balaban J connectivity index is 2.57. The smallest absolute Gasteiger partial charge is 0.244 e. The van der Waals surface area contributed by atoms with E-state index in [2.05, 4.69) is 5.32 Å². The Morgan fingerprint density at radius 1 is 1.00 bits per heavy atom. The molecule has 0 aliphatic rings. The summed E-state index contributed by atoms with van der Waals surface area (Å²) in [5.74, 6) is -1.04. The molecule has 0 fully saturated rings. The molecule has 1 unspecified atom stereocenters. The van der Waals surface area contributed by atoms with E-state index in [-0.39, 0.29) is 28.7 Å². The fourth-order valence-corrected chi connectivity index (χ4v) is 5.30. The fraction of sp³-hybridized carbons (Fsp3) is 0.417. The molecule has 2 rings (SSSR count). The quantitative estimate of drug-likeness (QED) is 0.397. The largest absolute Gasteiger partial charge is 0.350 e. The second kappa shape index (κ2) is 12.2. The van der Waals surface area contributed by atoms with Crippen molar-refractivity contribution < 1.29 is 18.0 Å². The molecule has 1 atom stereocenters. The van der Waals surface area contributed by atoms with Gasteiger partial charge in [0, 0.05) is 32.7 Å². The summed E-state index contributed by atoms with van der Waals surface area (Å²) in [6.07, 6.45) is 1.21. The summed E-state index contributed by atoms with van der Waals surface area (Å²) in [5, 5.41) is 3.84. The van der Waals surface area contributed by atoms with Gasteiger partial charge in [-0.3, -0.25) is 13.9 Å². The number of carbonyl (C=O) groups is 2. The minimum Gasteiger partial charge on any atom is -0.350 e. The second-order valence-electron chi connectivity index (χ2n) is 9.25. The summed E-state index contributed by atoms with van der Waals surface area (Å²) in [4.78, 5) is 28.2. The number of halogens is 4. The number of carbonyl (C=O) groups excluding carboxylic acids is 2. The van der Waals surface area contributed by atoms with E-state index >= 15 is 0 Å². The Morgan fingerprint density at radius 3 is 2.08 bits per heavy atom. The van der Waals surface area contributed by atoms with Gasteiger partial charge in [0.15, 0.2) is 0 Å². The summed E-state index contributed by atoms with van der Waals surface area (Å²) in [5.41, 5.74) is -0.0835. The van der Waals surface area contributed by atoms with E-state index in [1.807, 2.05) is 20.8 Å². The Hall–Kier alpha value is -1.71. The lowest BCUT2D eigenvalue weighted by Crippen LogP contribution is -2.55. The van der Waals surface area contributed by atoms with E-state index in [1.54, 1.807) is 25.1 Å². The number of anilines is 1. The van der Waals surface area contributed by atoms with Crippen LogP contribution in [0.4, 0.5) is 5.69 Å². The molecule has 0 aliphatic carbocycles. The van der Waals surface area contributed by atoms with Crippen LogP contribution in [0.3, 0.4) is 0 Å². The maximum Gasteiger partial charge on any atom is 0.244 e. The topological polar surface area (TPSA) is 86.8 Å². The average molecular weight is 597 g/mol. The van der Waals surface area contributed by atoms with Crippen LogP contribution in [-0.4, -0.2) is 49.5 Å². The van der Waals surface area contributed by atoms with Crippen LogP contribution < -0.4 is 9.62 Å². The Morgan fingerprint density at radius 2 is 1.58 bits per heavy atom. The van der Waals surface area contributed by atoms with Gasteiger partial charge < -0.3 is 10.2 Å². The van der Waals surface area contributed by atoms with Gasteiger partial charge in [0.1, 0.15) is 12.6 Å². The zero-order valence-corrected chi connectivity index (χ0v) is 24.5. The molecule has 7 nitrogen and oxygen atoms in total. The standard InChI is InChI=1S/C24H29Cl4N3O4S/c1-6-20(23(33)29-24(2,3)4)30(13-16-17(26)8-7-9-18(16)27)22(32)14-31(36(5,34)35)21-12-15(25)10-11-19(21)28/h7-12,20H,6,13-14H2,1-5H3,(H,29,33). The Bertz CT molecular complexity index is 1210. The molecule has 1 N–H and O–H groups in total. The van der Waals surface area contributed by atoms with Crippen LogP contribution in [0.15, 0.2) is 36.4 Å². The zero-order chi connectivity index (χ0) is 27.4. The van der Waals surface area contributed by atoms with Crippen LogP contribution in [0, 0.1) is 0 Å². The highest BCUT2D eigenvalue weighted by atomic mass is 35.5. The highest BCUT2D eigenvalue weighted by molar-refractivity contribution is 7.92. The first-order valence-corrected chi connectivity index (χ1v) is 14.4. The van der Waals surface area contributed by atoms with E-state index in [4.69, 9.17) is 46.4 Å². The van der Waals surface area contributed by atoms with E-state index in [9.17, 15) is 18.0 Å². The van der Waals surface area contributed by atoms with Gasteiger partial charge in [0.05, 0.1) is 17.0 Å². The van der Waals surface area contributed by atoms with Crippen molar-refractivity contribution in [2.24, 2.45) is 0 Å². The summed E-state index contributed by atoms with van der Waals surface area (Å²) in [7, 11) is -3.97. The van der Waals surface area contributed by atoms with Gasteiger partial charge in [-0.15, -0.1) is 0 Å². The number of sulfonamides is 1. The molecule has 0 saturated carbocycles. The van der Waals surface area contributed by atoms with Crippen molar-refractivity contribution in [3.63, 3.8) is 0 Å². The molecule has 0 aromatic heterocycles. The van der Waals surface area contributed by atoms with Gasteiger partial charge in [-0.25, -0.2) is 8.42 Å². The van der Waals surface area contributed by atoms with Crippen LogP contribution in [0.1, 0.15) is 39.7 Å². The number of nitrogens with one attached hydrogen (secondary N) is 1. The van der Waals surface area contributed by atoms with Crippen LogP contribution >= 0.6 is 46.4 Å². The maximum atomic E-state index is 13.7. The van der Waals surface area contributed by atoms with Crippen LogP contribution in [0.25, 0.3) is 0 Å². The van der Waals surface area contributed by atoms with Crippen molar-refractivity contribution in [2.45, 2.75) is 52.2 Å². The summed E-state index contributed by atoms with van der Waals surface area (Å²) in [6.45, 7) is 6.47. The monoisotopic (exact) mass is 595 g/mol. The normalized spacial score (nSPS) is 12.7. The minimum absolute atomic E-state index is 0.0444. The Labute approximate surface area is 232 Å².